The van der Waals surface area contributed by atoms with E-state index in [2.05, 4.69) is 19.6 Å². The highest BCUT2D eigenvalue weighted by Crippen LogP contribution is 2.33. The van der Waals surface area contributed by atoms with Crippen LogP contribution in [0.25, 0.3) is 5.03 Å². The average molecular weight is 357 g/mol. The highest BCUT2D eigenvalue weighted by atomic mass is 35.5. The molecule has 0 heterocycles. The normalized spacial score (nSPS) is 19.6. The topological polar surface area (TPSA) is 26.3 Å². The van der Waals surface area contributed by atoms with Crippen LogP contribution in [0.2, 0.25) is 19.6 Å². The van der Waals surface area contributed by atoms with E-state index in [1.807, 2.05) is 30.3 Å². The summed E-state index contributed by atoms with van der Waals surface area (Å²) in [5, 5.41) is 0.605. The molecule has 2 nitrogen and oxygen atoms in total. The standard InChI is InChI=1S/C17H25ClO2SSi/c1-22(2,3)17(16(18)14-10-6-4-7-11-14)21(19)20-15-12-8-5-9-13-15/h4,6-7,10-11,15H,5,8-9,12-13H2,1-3H3/b17-16+. The molecule has 1 atom stereocenters. The average Bonchev–Trinajstić information content (AvgIpc) is 2.47. The summed E-state index contributed by atoms with van der Waals surface area (Å²) in [7, 11) is -1.86. The van der Waals surface area contributed by atoms with Crippen LogP contribution in [0.3, 0.4) is 0 Å². The predicted molar refractivity (Wildman–Crippen MR) is 98.7 cm³/mol. The summed E-state index contributed by atoms with van der Waals surface area (Å²) in [6, 6.07) is 9.77. The highest BCUT2D eigenvalue weighted by Gasteiger charge is 2.31. The Morgan fingerprint density at radius 1 is 1.14 bits per heavy atom. The molecule has 1 unspecified atom stereocenters. The van der Waals surface area contributed by atoms with E-state index in [1.165, 1.54) is 19.3 Å². The Morgan fingerprint density at radius 3 is 2.27 bits per heavy atom. The lowest BCUT2D eigenvalue weighted by Crippen LogP contribution is -2.30. The van der Waals surface area contributed by atoms with Crippen LogP contribution < -0.4 is 0 Å². The molecule has 2 rings (SSSR count). The maximum Gasteiger partial charge on any atom is 0.182 e. The van der Waals surface area contributed by atoms with Crippen molar-refractivity contribution in [3.8, 4) is 0 Å². The molecule has 0 aromatic heterocycles. The Bertz CT molecular complexity index is 546. The van der Waals surface area contributed by atoms with Gasteiger partial charge < -0.3 is 0 Å². The second-order valence-corrected chi connectivity index (χ2v) is 13.7. The van der Waals surface area contributed by atoms with Crippen molar-refractivity contribution in [2.24, 2.45) is 0 Å². The van der Waals surface area contributed by atoms with Crippen LogP contribution in [-0.2, 0) is 15.3 Å². The molecule has 1 aromatic rings. The summed E-state index contributed by atoms with van der Waals surface area (Å²) in [5.41, 5.74) is 0.919. The summed E-state index contributed by atoms with van der Waals surface area (Å²) < 4.78 is 19.6. The summed E-state index contributed by atoms with van der Waals surface area (Å²) in [6.07, 6.45) is 5.72. The minimum Gasteiger partial charge on any atom is -0.284 e. The lowest BCUT2D eigenvalue weighted by atomic mass is 9.98. The van der Waals surface area contributed by atoms with Crippen molar-refractivity contribution < 1.29 is 8.39 Å². The zero-order valence-electron chi connectivity index (χ0n) is 13.6. The molecule has 0 N–H and O–H groups in total. The van der Waals surface area contributed by atoms with Gasteiger partial charge in [0.05, 0.1) is 19.2 Å². The summed E-state index contributed by atoms with van der Waals surface area (Å²) in [6.45, 7) is 6.49. The molecule has 1 fully saturated rings. The Balaban J connectivity index is 2.28. The van der Waals surface area contributed by atoms with Gasteiger partial charge >= 0.3 is 0 Å². The summed E-state index contributed by atoms with van der Waals surface area (Å²) >= 11 is 5.16. The van der Waals surface area contributed by atoms with Crippen LogP contribution in [0.5, 0.6) is 0 Å². The van der Waals surface area contributed by atoms with E-state index in [-0.39, 0.29) is 6.10 Å². The zero-order chi connectivity index (χ0) is 16.2. The molecule has 0 saturated heterocycles. The second-order valence-electron chi connectivity index (χ2n) is 6.85. The fourth-order valence-corrected chi connectivity index (χ4v) is 7.61. The summed E-state index contributed by atoms with van der Waals surface area (Å²) in [4.78, 5) is 0. The number of hydrogen-bond donors (Lipinski definition) is 0. The smallest absolute Gasteiger partial charge is 0.182 e. The van der Waals surface area contributed by atoms with Crippen LogP contribution >= 0.6 is 11.6 Å². The Labute approximate surface area is 142 Å². The van der Waals surface area contributed by atoms with E-state index in [1.54, 1.807) is 0 Å². The number of hydrogen-bond acceptors (Lipinski definition) is 2. The first-order chi connectivity index (χ1) is 10.4. The maximum absolute atomic E-state index is 12.9. The van der Waals surface area contributed by atoms with Gasteiger partial charge in [0.25, 0.3) is 0 Å². The first kappa shape index (κ1) is 17.9. The largest absolute Gasteiger partial charge is 0.284 e. The molecule has 5 heteroatoms. The SMILES string of the molecule is C[Si](C)(C)/C(=C(/Cl)c1ccccc1)S(=O)OC1CCCCC1. The van der Waals surface area contributed by atoms with Gasteiger partial charge in [-0.05, 0) is 18.4 Å². The monoisotopic (exact) mass is 356 g/mol. The Kier molecular flexibility index (Phi) is 6.44. The van der Waals surface area contributed by atoms with E-state index in [0.717, 1.165) is 22.9 Å². The van der Waals surface area contributed by atoms with Crippen molar-refractivity contribution in [2.75, 3.05) is 0 Å². The van der Waals surface area contributed by atoms with Gasteiger partial charge in [-0.3, -0.25) is 4.18 Å². The molecule has 0 spiro atoms. The van der Waals surface area contributed by atoms with Gasteiger partial charge in [-0.15, -0.1) is 0 Å². The highest BCUT2D eigenvalue weighted by molar-refractivity contribution is 7.87. The minimum absolute atomic E-state index is 0.112. The van der Waals surface area contributed by atoms with Crippen molar-refractivity contribution in [3.63, 3.8) is 0 Å². The molecule has 0 bridgehead atoms. The molecule has 0 amide bonds. The van der Waals surface area contributed by atoms with Crippen molar-refractivity contribution in [1.82, 2.24) is 0 Å². The Hall–Kier alpha value is -0.423. The van der Waals surface area contributed by atoms with Crippen LogP contribution in [0.1, 0.15) is 37.7 Å². The van der Waals surface area contributed by atoms with Gasteiger partial charge in [-0.25, -0.2) is 4.21 Å². The molecular weight excluding hydrogens is 332 g/mol. The van der Waals surface area contributed by atoms with Crippen molar-refractivity contribution >= 4 is 35.8 Å². The van der Waals surface area contributed by atoms with Crippen LogP contribution in [0.15, 0.2) is 34.9 Å². The molecule has 0 radical (unpaired) electrons. The van der Waals surface area contributed by atoms with Gasteiger partial charge in [0.2, 0.25) is 0 Å². The second kappa shape index (κ2) is 7.91. The lowest BCUT2D eigenvalue weighted by Gasteiger charge is -2.26. The first-order valence-corrected chi connectivity index (χ1v) is 12.9. The minimum atomic E-state index is -1.86. The molecule has 1 aliphatic carbocycles. The third-order valence-electron chi connectivity index (χ3n) is 3.85. The van der Waals surface area contributed by atoms with Crippen molar-refractivity contribution in [1.29, 1.82) is 0 Å². The predicted octanol–water partition coefficient (Wildman–Crippen LogP) is 5.48. The molecule has 0 aliphatic heterocycles. The zero-order valence-corrected chi connectivity index (χ0v) is 16.2. The first-order valence-electron chi connectivity index (χ1n) is 7.94. The maximum atomic E-state index is 12.9. The molecule has 22 heavy (non-hydrogen) atoms. The van der Waals surface area contributed by atoms with E-state index in [4.69, 9.17) is 15.8 Å². The van der Waals surface area contributed by atoms with Crippen molar-refractivity contribution in [2.45, 2.75) is 57.8 Å². The van der Waals surface area contributed by atoms with Gasteiger partial charge in [0, 0.05) is 4.53 Å². The molecular formula is C17H25ClO2SSi. The van der Waals surface area contributed by atoms with E-state index < -0.39 is 19.2 Å². The van der Waals surface area contributed by atoms with Gasteiger partial charge in [-0.1, -0.05) is 80.8 Å². The van der Waals surface area contributed by atoms with E-state index >= 15 is 0 Å². The fourth-order valence-electron chi connectivity index (χ4n) is 2.70. The number of halogens is 1. The molecule has 122 valence electrons. The van der Waals surface area contributed by atoms with E-state index in [9.17, 15) is 4.21 Å². The van der Waals surface area contributed by atoms with Crippen molar-refractivity contribution in [3.05, 3.63) is 40.4 Å². The fraction of sp³-hybridized carbons (Fsp3) is 0.529. The summed E-state index contributed by atoms with van der Waals surface area (Å²) in [5.74, 6) is 0. The van der Waals surface area contributed by atoms with Gasteiger partial charge in [0.1, 0.15) is 0 Å². The molecule has 1 aliphatic rings. The van der Waals surface area contributed by atoms with Crippen LogP contribution in [0, 0.1) is 0 Å². The number of benzene rings is 1. The third-order valence-corrected chi connectivity index (χ3v) is 9.46. The lowest BCUT2D eigenvalue weighted by molar-refractivity contribution is 0.176. The number of rotatable bonds is 5. The van der Waals surface area contributed by atoms with Gasteiger partial charge in [0.15, 0.2) is 11.1 Å². The third kappa shape index (κ3) is 4.78. The van der Waals surface area contributed by atoms with E-state index in [0.29, 0.717) is 5.03 Å². The molecule has 1 saturated carbocycles. The van der Waals surface area contributed by atoms with Gasteiger partial charge in [-0.2, -0.15) is 0 Å². The molecule has 1 aromatic carbocycles. The van der Waals surface area contributed by atoms with Crippen LogP contribution in [0.4, 0.5) is 0 Å². The Morgan fingerprint density at radius 2 is 1.73 bits per heavy atom. The quantitative estimate of drug-likeness (QED) is 0.652. The van der Waals surface area contributed by atoms with Crippen LogP contribution in [-0.4, -0.2) is 18.4 Å².